The summed E-state index contributed by atoms with van der Waals surface area (Å²) in [6.07, 6.45) is 3.35. The van der Waals surface area contributed by atoms with E-state index in [-0.39, 0.29) is 5.97 Å². The number of likely N-dealkylation sites (tertiary alicyclic amines) is 1. The Bertz CT molecular complexity index is 309. The summed E-state index contributed by atoms with van der Waals surface area (Å²) in [5.74, 6) is 0.699. The predicted octanol–water partition coefficient (Wildman–Crippen LogP) is 2.43. The maximum atomic E-state index is 12.2. The summed E-state index contributed by atoms with van der Waals surface area (Å²) in [4.78, 5) is 14.7. The van der Waals surface area contributed by atoms with Crippen LogP contribution in [0.3, 0.4) is 0 Å². The fraction of sp³-hybridized carbons (Fsp3) is 0.938. The van der Waals surface area contributed by atoms with E-state index < -0.39 is 5.54 Å². The van der Waals surface area contributed by atoms with Crippen LogP contribution >= 0.6 is 0 Å². The monoisotopic (exact) mass is 284 g/mol. The lowest BCUT2D eigenvalue weighted by atomic mass is 9.92. The summed E-state index contributed by atoms with van der Waals surface area (Å²) in [6.45, 7) is 13.9. The van der Waals surface area contributed by atoms with Gasteiger partial charge in [0.15, 0.2) is 0 Å². The van der Waals surface area contributed by atoms with Gasteiger partial charge in [0.25, 0.3) is 0 Å². The van der Waals surface area contributed by atoms with E-state index in [1.807, 2.05) is 20.8 Å². The SMILES string of the molecule is CCNC(C)(CC(C)N1CCC(CC)C1)C(=O)OCC. The largest absolute Gasteiger partial charge is 0.465 e. The third-order valence-corrected chi connectivity index (χ3v) is 4.51. The summed E-state index contributed by atoms with van der Waals surface area (Å²) in [7, 11) is 0. The standard InChI is InChI=1S/C16H32N2O2/c1-6-14-9-10-18(12-14)13(4)11-16(5,17-7-2)15(19)20-8-3/h13-14,17H,6-12H2,1-5H3. The molecule has 0 aromatic heterocycles. The van der Waals surface area contributed by atoms with E-state index in [4.69, 9.17) is 4.74 Å². The van der Waals surface area contributed by atoms with Gasteiger partial charge in [0, 0.05) is 12.6 Å². The van der Waals surface area contributed by atoms with Crippen LogP contribution in [0, 0.1) is 5.92 Å². The molecule has 0 radical (unpaired) electrons. The molecule has 0 saturated carbocycles. The number of nitrogens with zero attached hydrogens (tertiary/aromatic N) is 1. The van der Waals surface area contributed by atoms with E-state index in [0.717, 1.165) is 25.4 Å². The molecule has 20 heavy (non-hydrogen) atoms. The summed E-state index contributed by atoms with van der Waals surface area (Å²) >= 11 is 0. The van der Waals surface area contributed by atoms with Crippen molar-refractivity contribution in [2.45, 2.75) is 65.5 Å². The molecule has 0 aromatic carbocycles. The Balaban J connectivity index is 2.62. The van der Waals surface area contributed by atoms with Gasteiger partial charge in [0.05, 0.1) is 6.61 Å². The minimum absolute atomic E-state index is 0.125. The number of esters is 1. The smallest absolute Gasteiger partial charge is 0.326 e. The molecule has 0 aliphatic carbocycles. The molecular formula is C16H32N2O2. The Kier molecular flexibility index (Phi) is 6.96. The van der Waals surface area contributed by atoms with Crippen molar-refractivity contribution in [2.75, 3.05) is 26.2 Å². The first-order chi connectivity index (χ1) is 9.46. The second-order valence-corrected chi connectivity index (χ2v) is 6.19. The van der Waals surface area contributed by atoms with Gasteiger partial charge < -0.3 is 15.0 Å². The highest BCUT2D eigenvalue weighted by molar-refractivity contribution is 5.80. The topological polar surface area (TPSA) is 41.6 Å². The Labute approximate surface area is 124 Å². The van der Waals surface area contributed by atoms with Crippen LogP contribution in [0.5, 0.6) is 0 Å². The Morgan fingerprint density at radius 2 is 2.15 bits per heavy atom. The zero-order valence-electron chi connectivity index (χ0n) is 13.9. The van der Waals surface area contributed by atoms with Crippen LogP contribution in [-0.2, 0) is 9.53 Å². The molecule has 4 heteroatoms. The summed E-state index contributed by atoms with van der Waals surface area (Å²) < 4.78 is 5.25. The van der Waals surface area contributed by atoms with Crippen molar-refractivity contribution < 1.29 is 9.53 Å². The van der Waals surface area contributed by atoms with Crippen LogP contribution in [0.15, 0.2) is 0 Å². The van der Waals surface area contributed by atoms with Gasteiger partial charge in [0.1, 0.15) is 5.54 Å². The summed E-state index contributed by atoms with van der Waals surface area (Å²) in [5.41, 5.74) is -0.575. The van der Waals surface area contributed by atoms with Crippen molar-refractivity contribution >= 4 is 5.97 Å². The number of hydrogen-bond donors (Lipinski definition) is 1. The molecule has 3 atom stereocenters. The lowest BCUT2D eigenvalue weighted by Crippen LogP contribution is -2.54. The average Bonchev–Trinajstić information content (AvgIpc) is 2.88. The number of rotatable bonds is 8. The van der Waals surface area contributed by atoms with Crippen LogP contribution < -0.4 is 5.32 Å². The van der Waals surface area contributed by atoms with E-state index in [2.05, 4.69) is 24.1 Å². The minimum Gasteiger partial charge on any atom is -0.465 e. The molecule has 3 unspecified atom stereocenters. The first-order valence-electron chi connectivity index (χ1n) is 8.13. The van der Waals surface area contributed by atoms with Crippen molar-refractivity contribution in [3.63, 3.8) is 0 Å². The maximum Gasteiger partial charge on any atom is 0.326 e. The molecule has 0 bridgehead atoms. The van der Waals surface area contributed by atoms with Crippen LogP contribution in [0.1, 0.15) is 53.9 Å². The first-order valence-corrected chi connectivity index (χ1v) is 8.13. The molecule has 1 aliphatic heterocycles. The quantitative estimate of drug-likeness (QED) is 0.695. The number of hydrogen-bond acceptors (Lipinski definition) is 4. The zero-order valence-corrected chi connectivity index (χ0v) is 13.9. The molecule has 0 amide bonds. The first kappa shape index (κ1) is 17.4. The van der Waals surface area contributed by atoms with E-state index in [0.29, 0.717) is 12.6 Å². The maximum absolute atomic E-state index is 12.2. The third kappa shape index (κ3) is 4.45. The van der Waals surface area contributed by atoms with E-state index in [9.17, 15) is 4.79 Å². The second-order valence-electron chi connectivity index (χ2n) is 6.19. The number of likely N-dealkylation sites (N-methyl/N-ethyl adjacent to an activating group) is 1. The number of ether oxygens (including phenoxy) is 1. The Morgan fingerprint density at radius 1 is 1.45 bits per heavy atom. The fourth-order valence-corrected chi connectivity index (χ4v) is 3.22. The van der Waals surface area contributed by atoms with Crippen molar-refractivity contribution in [1.29, 1.82) is 0 Å². The van der Waals surface area contributed by atoms with Crippen molar-refractivity contribution in [3.8, 4) is 0 Å². The second kappa shape index (κ2) is 7.99. The van der Waals surface area contributed by atoms with Crippen molar-refractivity contribution in [1.82, 2.24) is 10.2 Å². The lowest BCUT2D eigenvalue weighted by Gasteiger charge is -2.34. The highest BCUT2D eigenvalue weighted by Crippen LogP contribution is 2.25. The van der Waals surface area contributed by atoms with E-state index >= 15 is 0 Å². The molecule has 1 saturated heterocycles. The molecule has 1 fully saturated rings. The van der Waals surface area contributed by atoms with Crippen molar-refractivity contribution in [3.05, 3.63) is 0 Å². The van der Waals surface area contributed by atoms with Crippen LogP contribution in [0.4, 0.5) is 0 Å². The van der Waals surface area contributed by atoms with Crippen LogP contribution in [0.2, 0.25) is 0 Å². The third-order valence-electron chi connectivity index (χ3n) is 4.51. The van der Waals surface area contributed by atoms with E-state index in [1.54, 1.807) is 0 Å². The highest BCUT2D eigenvalue weighted by atomic mass is 16.5. The normalized spacial score (nSPS) is 24.4. The minimum atomic E-state index is -0.575. The average molecular weight is 284 g/mol. The van der Waals surface area contributed by atoms with Gasteiger partial charge in [-0.3, -0.25) is 4.79 Å². The summed E-state index contributed by atoms with van der Waals surface area (Å²) in [5, 5.41) is 3.32. The van der Waals surface area contributed by atoms with Gasteiger partial charge in [-0.1, -0.05) is 20.3 Å². The fourth-order valence-electron chi connectivity index (χ4n) is 3.22. The van der Waals surface area contributed by atoms with Crippen molar-refractivity contribution in [2.24, 2.45) is 5.92 Å². The van der Waals surface area contributed by atoms with Crippen LogP contribution in [0.25, 0.3) is 0 Å². The molecule has 0 spiro atoms. The zero-order chi connectivity index (χ0) is 15.2. The Hall–Kier alpha value is -0.610. The molecular weight excluding hydrogens is 252 g/mol. The van der Waals surface area contributed by atoms with Gasteiger partial charge in [0.2, 0.25) is 0 Å². The van der Waals surface area contributed by atoms with Gasteiger partial charge in [-0.05, 0) is 52.6 Å². The van der Waals surface area contributed by atoms with Gasteiger partial charge >= 0.3 is 5.97 Å². The molecule has 0 aromatic rings. The predicted molar refractivity (Wildman–Crippen MR) is 82.8 cm³/mol. The molecule has 118 valence electrons. The van der Waals surface area contributed by atoms with Gasteiger partial charge in [-0.2, -0.15) is 0 Å². The molecule has 4 nitrogen and oxygen atoms in total. The van der Waals surface area contributed by atoms with Crippen LogP contribution in [-0.4, -0.2) is 48.7 Å². The Morgan fingerprint density at radius 3 is 2.65 bits per heavy atom. The molecule has 1 aliphatic rings. The summed E-state index contributed by atoms with van der Waals surface area (Å²) in [6, 6.07) is 0.403. The van der Waals surface area contributed by atoms with Gasteiger partial charge in [-0.25, -0.2) is 0 Å². The lowest BCUT2D eigenvalue weighted by molar-refractivity contribution is -0.151. The molecule has 1 heterocycles. The molecule has 1 rings (SSSR count). The number of carbonyl (C=O) groups excluding carboxylic acids is 1. The number of nitrogens with one attached hydrogen (secondary N) is 1. The van der Waals surface area contributed by atoms with E-state index in [1.165, 1.54) is 19.4 Å². The van der Waals surface area contributed by atoms with Gasteiger partial charge in [-0.15, -0.1) is 0 Å². The number of carbonyl (C=O) groups is 1. The molecule has 1 N–H and O–H groups in total. The highest BCUT2D eigenvalue weighted by Gasteiger charge is 2.37.